The molecule has 0 saturated carbocycles. The molecule has 3 rings (SSSR count). The van der Waals surface area contributed by atoms with E-state index in [0.29, 0.717) is 16.7 Å². The summed E-state index contributed by atoms with van der Waals surface area (Å²) in [5.41, 5.74) is 2.87. The topological polar surface area (TPSA) is 34.2 Å². The average Bonchev–Trinajstić information content (AvgIpc) is 2.89. The van der Waals surface area contributed by atoms with E-state index in [2.05, 4.69) is 10.3 Å². The maximum absolute atomic E-state index is 6.17. The minimum absolute atomic E-state index is 0.210. The fraction of sp³-hybridized carbons (Fsp3) is 0.308. The molecular weight excluding hydrogens is 303 g/mol. The molecule has 2 heterocycles. The number of benzene rings is 1. The first-order valence-electron chi connectivity index (χ1n) is 5.96. The second kappa shape index (κ2) is 5.67. The van der Waals surface area contributed by atoms with E-state index in [1.165, 1.54) is 4.88 Å². The lowest BCUT2D eigenvalue weighted by molar-refractivity contribution is 0.252. The van der Waals surface area contributed by atoms with E-state index in [4.69, 9.17) is 27.9 Å². The quantitative estimate of drug-likeness (QED) is 0.927. The molecule has 1 aromatic heterocycles. The molecule has 0 aliphatic carbocycles. The Morgan fingerprint density at radius 1 is 1.42 bits per heavy atom. The third-order valence-corrected chi connectivity index (χ3v) is 4.35. The van der Waals surface area contributed by atoms with Crippen molar-refractivity contribution < 1.29 is 4.74 Å². The van der Waals surface area contributed by atoms with Crippen molar-refractivity contribution in [1.29, 1.82) is 0 Å². The summed E-state index contributed by atoms with van der Waals surface area (Å²) in [6.07, 6.45) is 2.78. The molecule has 3 nitrogen and oxygen atoms in total. The summed E-state index contributed by atoms with van der Waals surface area (Å²) >= 11 is 13.9. The third kappa shape index (κ3) is 2.87. The Balaban J connectivity index is 1.81. The monoisotopic (exact) mass is 314 g/mol. The third-order valence-electron chi connectivity index (χ3n) is 3.07. The molecule has 0 fully saturated rings. The first-order valence-corrected chi connectivity index (χ1v) is 7.60. The van der Waals surface area contributed by atoms with E-state index in [1.807, 2.05) is 17.8 Å². The lowest BCUT2D eigenvalue weighted by Gasteiger charge is -2.27. The van der Waals surface area contributed by atoms with Crippen molar-refractivity contribution in [3.05, 3.63) is 44.3 Å². The maximum Gasteiger partial charge on any atom is 0.142 e. The Hall–Kier alpha value is -0.810. The van der Waals surface area contributed by atoms with Gasteiger partial charge in [0.1, 0.15) is 5.75 Å². The summed E-state index contributed by atoms with van der Waals surface area (Å²) in [5, 5.41) is 4.72. The van der Waals surface area contributed by atoms with Gasteiger partial charge in [0.2, 0.25) is 0 Å². The van der Waals surface area contributed by atoms with Crippen LogP contribution in [-0.2, 0) is 6.54 Å². The van der Waals surface area contributed by atoms with Gasteiger partial charge in [-0.15, -0.1) is 11.3 Å². The van der Waals surface area contributed by atoms with Crippen molar-refractivity contribution in [2.24, 2.45) is 0 Å². The van der Waals surface area contributed by atoms with Gasteiger partial charge in [0.25, 0.3) is 0 Å². The summed E-state index contributed by atoms with van der Waals surface area (Å²) in [5.74, 6) is 0.749. The summed E-state index contributed by atoms with van der Waals surface area (Å²) in [6, 6.07) is 3.85. The number of rotatable bonds is 3. The number of hydrogen-bond donors (Lipinski definition) is 1. The lowest BCUT2D eigenvalue weighted by Crippen LogP contribution is -2.26. The summed E-state index contributed by atoms with van der Waals surface area (Å²) in [6.45, 7) is 1.45. The first-order chi connectivity index (χ1) is 9.24. The zero-order valence-corrected chi connectivity index (χ0v) is 12.4. The molecule has 2 aromatic rings. The second-order valence-electron chi connectivity index (χ2n) is 4.34. The standard InChI is InChI=1S/C13H12Cl2N2OS/c14-8-3-10-12(17-6-9-5-16-7-19-9)1-2-18-13(10)11(15)4-8/h3-5,7,12,17H,1-2,6H2. The number of nitrogens with zero attached hydrogens (tertiary/aromatic N) is 1. The van der Waals surface area contributed by atoms with Crippen molar-refractivity contribution >= 4 is 34.5 Å². The molecule has 0 radical (unpaired) electrons. The van der Waals surface area contributed by atoms with E-state index in [0.717, 1.165) is 24.3 Å². The highest BCUT2D eigenvalue weighted by Crippen LogP contribution is 2.40. The summed E-state index contributed by atoms with van der Waals surface area (Å²) in [4.78, 5) is 5.28. The average molecular weight is 315 g/mol. The molecule has 0 bridgehead atoms. The lowest BCUT2D eigenvalue weighted by atomic mass is 10.0. The van der Waals surface area contributed by atoms with Crippen molar-refractivity contribution in [2.75, 3.05) is 6.61 Å². The van der Waals surface area contributed by atoms with Gasteiger partial charge in [-0.1, -0.05) is 23.2 Å². The largest absolute Gasteiger partial charge is 0.492 e. The normalized spacial score (nSPS) is 17.9. The van der Waals surface area contributed by atoms with Gasteiger partial charge in [0.15, 0.2) is 0 Å². The predicted molar refractivity (Wildman–Crippen MR) is 78.3 cm³/mol. The highest BCUT2D eigenvalue weighted by Gasteiger charge is 2.24. The van der Waals surface area contributed by atoms with E-state index in [-0.39, 0.29) is 6.04 Å². The molecule has 1 N–H and O–H groups in total. The molecular formula is C13H12Cl2N2OS. The van der Waals surface area contributed by atoms with Gasteiger partial charge in [-0.3, -0.25) is 4.98 Å². The summed E-state index contributed by atoms with van der Waals surface area (Å²) < 4.78 is 5.64. The van der Waals surface area contributed by atoms with Crippen molar-refractivity contribution in [2.45, 2.75) is 19.0 Å². The predicted octanol–water partition coefficient (Wildman–Crippen LogP) is 4.06. The number of fused-ring (bicyclic) bond motifs is 1. The van der Waals surface area contributed by atoms with Crippen LogP contribution in [0.1, 0.15) is 22.9 Å². The first kappa shape index (κ1) is 13.2. The number of aromatic nitrogens is 1. The van der Waals surface area contributed by atoms with E-state index >= 15 is 0 Å². The van der Waals surface area contributed by atoms with Gasteiger partial charge in [-0.2, -0.15) is 0 Å². The molecule has 1 aliphatic heterocycles. The Kier molecular flexibility index (Phi) is 3.93. The van der Waals surface area contributed by atoms with Crippen molar-refractivity contribution in [3.8, 4) is 5.75 Å². The Bertz CT molecular complexity index is 574. The van der Waals surface area contributed by atoms with Crippen molar-refractivity contribution in [3.63, 3.8) is 0 Å². The molecule has 0 spiro atoms. The number of thiazole rings is 1. The fourth-order valence-corrected chi connectivity index (χ4v) is 3.30. The molecule has 19 heavy (non-hydrogen) atoms. The van der Waals surface area contributed by atoms with Crippen LogP contribution in [0, 0.1) is 0 Å². The summed E-state index contributed by atoms with van der Waals surface area (Å²) in [7, 11) is 0. The van der Waals surface area contributed by atoms with Gasteiger partial charge in [0, 0.05) is 40.7 Å². The number of nitrogens with one attached hydrogen (secondary N) is 1. The Morgan fingerprint density at radius 3 is 3.11 bits per heavy atom. The van der Waals surface area contributed by atoms with Gasteiger partial charge in [-0.25, -0.2) is 0 Å². The van der Waals surface area contributed by atoms with Gasteiger partial charge >= 0.3 is 0 Å². The number of ether oxygens (including phenoxy) is 1. The van der Waals surface area contributed by atoms with E-state index < -0.39 is 0 Å². The number of hydrogen-bond acceptors (Lipinski definition) is 4. The minimum Gasteiger partial charge on any atom is -0.492 e. The minimum atomic E-state index is 0.210. The molecule has 100 valence electrons. The van der Waals surface area contributed by atoms with Crippen LogP contribution in [0.5, 0.6) is 5.75 Å². The molecule has 6 heteroatoms. The highest BCUT2D eigenvalue weighted by molar-refractivity contribution is 7.09. The van der Waals surface area contributed by atoms with Crippen LogP contribution in [0.15, 0.2) is 23.8 Å². The molecule has 0 saturated heterocycles. The fourth-order valence-electron chi connectivity index (χ4n) is 2.19. The van der Waals surface area contributed by atoms with Crippen LogP contribution in [0.3, 0.4) is 0 Å². The van der Waals surface area contributed by atoms with Crippen LogP contribution in [-0.4, -0.2) is 11.6 Å². The molecule has 1 unspecified atom stereocenters. The molecule has 1 aliphatic rings. The van der Waals surface area contributed by atoms with Gasteiger partial charge < -0.3 is 10.1 Å². The maximum atomic E-state index is 6.17. The van der Waals surface area contributed by atoms with Gasteiger partial charge in [-0.05, 0) is 12.1 Å². The smallest absolute Gasteiger partial charge is 0.142 e. The molecule has 0 amide bonds. The zero-order chi connectivity index (χ0) is 13.2. The van der Waals surface area contributed by atoms with Crippen LogP contribution in [0.2, 0.25) is 10.0 Å². The van der Waals surface area contributed by atoms with Gasteiger partial charge in [0.05, 0.1) is 17.1 Å². The van der Waals surface area contributed by atoms with E-state index in [9.17, 15) is 0 Å². The number of halogens is 2. The van der Waals surface area contributed by atoms with Crippen LogP contribution < -0.4 is 10.1 Å². The highest BCUT2D eigenvalue weighted by atomic mass is 35.5. The van der Waals surface area contributed by atoms with Crippen LogP contribution in [0.25, 0.3) is 0 Å². The SMILES string of the molecule is Clc1cc(Cl)c2c(c1)C(NCc1cncs1)CCO2. The van der Waals surface area contributed by atoms with Crippen LogP contribution >= 0.6 is 34.5 Å². The molecule has 1 atom stereocenters. The zero-order valence-electron chi connectivity index (χ0n) is 10.0. The van der Waals surface area contributed by atoms with E-state index in [1.54, 1.807) is 17.4 Å². The van der Waals surface area contributed by atoms with Crippen LogP contribution in [0.4, 0.5) is 0 Å². The van der Waals surface area contributed by atoms with Crippen molar-refractivity contribution in [1.82, 2.24) is 10.3 Å². The Morgan fingerprint density at radius 2 is 2.32 bits per heavy atom. The Labute approximate surface area is 125 Å². The second-order valence-corrected chi connectivity index (χ2v) is 6.16. The molecule has 1 aromatic carbocycles.